The van der Waals surface area contributed by atoms with E-state index in [1.54, 1.807) is 6.20 Å². The molecule has 0 radical (unpaired) electrons. The Bertz CT molecular complexity index is 3530. The largest absolute Gasteiger partial charge is 0.456 e. The molecule has 0 spiro atoms. The summed E-state index contributed by atoms with van der Waals surface area (Å²) in [6.45, 7) is 0. The van der Waals surface area contributed by atoms with Gasteiger partial charge in [-0.15, -0.1) is 11.3 Å². The van der Waals surface area contributed by atoms with Crippen LogP contribution in [0.15, 0.2) is 179 Å². The Morgan fingerprint density at radius 3 is 1.88 bits per heavy atom. The van der Waals surface area contributed by atoms with E-state index >= 15 is 0 Å². The first-order valence-electron chi connectivity index (χ1n) is 18.8. The van der Waals surface area contributed by atoms with Crippen LogP contribution in [0.3, 0.4) is 0 Å². The average Bonchev–Trinajstić information content (AvgIpc) is 3.97. The van der Waals surface area contributed by atoms with Gasteiger partial charge in [0.1, 0.15) is 22.3 Å². The van der Waals surface area contributed by atoms with Crippen LogP contribution in [0.5, 0.6) is 0 Å². The summed E-state index contributed by atoms with van der Waals surface area (Å²) < 4.78 is 15.6. The zero-order chi connectivity index (χ0) is 37.5. The molecular weight excluding hydrogens is 721 g/mol. The number of para-hydroxylation sites is 2. The molecule has 5 aromatic heterocycles. The fourth-order valence-electron chi connectivity index (χ4n) is 8.10. The highest BCUT2D eigenvalue weighted by Crippen LogP contribution is 2.44. The van der Waals surface area contributed by atoms with Gasteiger partial charge < -0.3 is 8.83 Å². The molecule has 57 heavy (non-hydrogen) atoms. The van der Waals surface area contributed by atoms with E-state index in [4.69, 9.17) is 23.8 Å². The zero-order valence-corrected chi connectivity index (χ0v) is 31.0. The number of hydrogen-bond acceptors (Lipinski definition) is 7. The summed E-state index contributed by atoms with van der Waals surface area (Å²) >= 11 is 1.82. The summed E-state index contributed by atoms with van der Waals surface area (Å²) in [6.07, 6.45) is 3.65. The molecule has 0 aliphatic carbocycles. The fourth-order valence-corrected chi connectivity index (χ4v) is 9.19. The van der Waals surface area contributed by atoms with Gasteiger partial charge in [-0.2, -0.15) is 0 Å². The maximum Gasteiger partial charge on any atom is 0.164 e. The van der Waals surface area contributed by atoms with Crippen molar-refractivity contribution in [2.24, 2.45) is 0 Å². The Morgan fingerprint density at radius 1 is 0.386 bits per heavy atom. The summed E-state index contributed by atoms with van der Waals surface area (Å²) in [5.74, 6) is 1.67. The molecular formula is C50H28N4O2S. The van der Waals surface area contributed by atoms with Crippen LogP contribution in [0, 0.1) is 0 Å². The first-order chi connectivity index (χ1) is 28.2. The van der Waals surface area contributed by atoms with Crippen molar-refractivity contribution in [1.82, 2.24) is 19.9 Å². The van der Waals surface area contributed by atoms with Crippen LogP contribution in [0.2, 0.25) is 0 Å². The summed E-state index contributed by atoms with van der Waals surface area (Å²) in [4.78, 5) is 19.8. The van der Waals surface area contributed by atoms with Crippen LogP contribution in [0.4, 0.5) is 0 Å². The Kier molecular flexibility index (Phi) is 7.00. The molecule has 0 aliphatic rings. The number of hydrogen-bond donors (Lipinski definition) is 0. The van der Waals surface area contributed by atoms with Crippen LogP contribution in [-0.4, -0.2) is 19.9 Å². The van der Waals surface area contributed by atoms with Crippen molar-refractivity contribution in [1.29, 1.82) is 0 Å². The monoisotopic (exact) mass is 748 g/mol. The highest BCUT2D eigenvalue weighted by Gasteiger charge is 2.22. The third-order valence-electron chi connectivity index (χ3n) is 10.9. The van der Waals surface area contributed by atoms with Crippen LogP contribution in [-0.2, 0) is 0 Å². The third kappa shape index (κ3) is 5.17. The number of fused-ring (bicyclic) bond motifs is 9. The molecule has 7 aromatic carbocycles. The molecule has 266 valence electrons. The Morgan fingerprint density at radius 2 is 1.04 bits per heavy atom. The number of aromatic nitrogens is 4. The topological polar surface area (TPSA) is 77.8 Å². The van der Waals surface area contributed by atoms with Crippen molar-refractivity contribution in [3.63, 3.8) is 0 Å². The standard InChI is InChI=1S/C50H28N4O2S/c1-4-12-41-35(9-1)36-21-19-32(27-43(36)55-41)49-52-48(30-17-15-29(16-18-30)33-8-7-25-51-28-33)53-50(54-49)39-23-22-34(47-46(39)38-11-2-5-13-42(38)56-47)31-20-24-45-40(26-31)37-10-3-6-14-44(37)57-45/h1-28H. The zero-order valence-electron chi connectivity index (χ0n) is 30.2. The molecule has 0 unspecified atom stereocenters. The second kappa shape index (κ2) is 12.5. The minimum absolute atomic E-state index is 0.550. The second-order valence-corrected chi connectivity index (χ2v) is 15.3. The lowest BCUT2D eigenvalue weighted by molar-refractivity contribution is 0.669. The van der Waals surface area contributed by atoms with E-state index in [1.165, 1.54) is 20.2 Å². The molecule has 0 saturated heterocycles. The summed E-state index contributed by atoms with van der Waals surface area (Å²) in [5.41, 5.74) is 10.00. The quantitative estimate of drug-likeness (QED) is 0.174. The molecule has 7 heteroatoms. The number of thiophene rings is 1. The molecule has 12 rings (SSSR count). The molecule has 0 fully saturated rings. The molecule has 6 nitrogen and oxygen atoms in total. The van der Waals surface area contributed by atoms with Crippen molar-refractivity contribution >= 4 is 75.4 Å². The van der Waals surface area contributed by atoms with Crippen LogP contribution < -0.4 is 0 Å². The summed E-state index contributed by atoms with van der Waals surface area (Å²) in [5, 5.41) is 6.58. The van der Waals surface area contributed by atoms with E-state index in [2.05, 4.69) is 114 Å². The minimum Gasteiger partial charge on any atom is -0.456 e. The number of furan rings is 2. The molecule has 0 aliphatic heterocycles. The van der Waals surface area contributed by atoms with Gasteiger partial charge in [-0.3, -0.25) is 4.98 Å². The second-order valence-electron chi connectivity index (χ2n) is 14.2. The van der Waals surface area contributed by atoms with E-state index in [0.717, 1.165) is 82.8 Å². The van der Waals surface area contributed by atoms with Gasteiger partial charge in [0.05, 0.1) is 0 Å². The molecule has 0 bridgehead atoms. The first-order valence-corrected chi connectivity index (χ1v) is 19.6. The summed E-state index contributed by atoms with van der Waals surface area (Å²) in [6, 6.07) is 54.3. The molecule has 0 atom stereocenters. The van der Waals surface area contributed by atoms with Gasteiger partial charge >= 0.3 is 0 Å². The highest BCUT2D eigenvalue weighted by atomic mass is 32.1. The third-order valence-corrected chi connectivity index (χ3v) is 12.0. The smallest absolute Gasteiger partial charge is 0.164 e. The lowest BCUT2D eigenvalue weighted by Crippen LogP contribution is -2.00. The lowest BCUT2D eigenvalue weighted by atomic mass is 9.97. The van der Waals surface area contributed by atoms with E-state index in [0.29, 0.717) is 17.5 Å². The van der Waals surface area contributed by atoms with Gasteiger partial charge in [-0.1, -0.05) is 97.1 Å². The average molecular weight is 749 g/mol. The van der Waals surface area contributed by atoms with Gasteiger partial charge in [0.15, 0.2) is 17.5 Å². The van der Waals surface area contributed by atoms with Crippen molar-refractivity contribution in [2.45, 2.75) is 0 Å². The Balaban J connectivity index is 1.07. The van der Waals surface area contributed by atoms with Crippen LogP contribution in [0.1, 0.15) is 0 Å². The van der Waals surface area contributed by atoms with E-state index in [9.17, 15) is 0 Å². The number of rotatable bonds is 5. The maximum atomic E-state index is 6.76. The van der Waals surface area contributed by atoms with Gasteiger partial charge in [0.25, 0.3) is 0 Å². The van der Waals surface area contributed by atoms with Crippen molar-refractivity contribution in [3.05, 3.63) is 170 Å². The minimum atomic E-state index is 0.550. The normalized spacial score (nSPS) is 11.9. The van der Waals surface area contributed by atoms with Crippen molar-refractivity contribution in [3.8, 4) is 56.4 Å². The Hall–Kier alpha value is -7.48. The molecule has 12 aromatic rings. The highest BCUT2D eigenvalue weighted by molar-refractivity contribution is 7.25. The SMILES string of the molecule is c1cncc(-c2ccc(-c3nc(-c4ccc5c(c4)oc4ccccc45)nc(-c4ccc(-c5ccc6sc7ccccc7c6c5)c5oc6ccccc6c45)n3)cc2)c1. The molecule has 0 N–H and O–H groups in total. The fraction of sp³-hybridized carbons (Fsp3) is 0. The molecule has 0 saturated carbocycles. The van der Waals surface area contributed by atoms with Crippen LogP contribution in [0.25, 0.3) is 120 Å². The predicted octanol–water partition coefficient (Wildman–Crippen LogP) is 13.8. The number of benzene rings is 7. The van der Waals surface area contributed by atoms with Gasteiger partial charge in [0, 0.05) is 76.4 Å². The van der Waals surface area contributed by atoms with E-state index in [1.807, 2.05) is 66.1 Å². The van der Waals surface area contributed by atoms with Gasteiger partial charge in [-0.25, -0.2) is 15.0 Å². The van der Waals surface area contributed by atoms with Crippen molar-refractivity contribution < 1.29 is 8.83 Å². The van der Waals surface area contributed by atoms with E-state index in [-0.39, 0.29) is 0 Å². The summed E-state index contributed by atoms with van der Waals surface area (Å²) in [7, 11) is 0. The van der Waals surface area contributed by atoms with Gasteiger partial charge in [0.2, 0.25) is 0 Å². The molecule has 5 heterocycles. The number of pyridine rings is 1. The predicted molar refractivity (Wildman–Crippen MR) is 232 cm³/mol. The lowest BCUT2D eigenvalue weighted by Gasteiger charge is -2.11. The Labute approximate surface area is 329 Å². The maximum absolute atomic E-state index is 6.76. The first kappa shape index (κ1) is 31.8. The van der Waals surface area contributed by atoms with Crippen LogP contribution >= 0.6 is 11.3 Å². The number of nitrogens with zero attached hydrogens (tertiary/aromatic N) is 4. The van der Waals surface area contributed by atoms with E-state index < -0.39 is 0 Å². The van der Waals surface area contributed by atoms with Gasteiger partial charge in [-0.05, 0) is 77.4 Å². The van der Waals surface area contributed by atoms with Crippen molar-refractivity contribution in [2.75, 3.05) is 0 Å². The molecule has 0 amide bonds.